The van der Waals surface area contributed by atoms with Crippen molar-refractivity contribution in [3.8, 4) is 11.5 Å². The first kappa shape index (κ1) is 19.6. The SMILES string of the molecule is COC(=O)c1ccc(Cl)c(NC(=O)CCc2nnc(-c3cccc(C)c3)o2)c1. The van der Waals surface area contributed by atoms with Gasteiger partial charge in [-0.25, -0.2) is 4.79 Å². The molecule has 0 unspecified atom stereocenters. The Balaban J connectivity index is 1.62. The number of carbonyl (C=O) groups excluding carboxylic acids is 2. The van der Waals surface area contributed by atoms with E-state index >= 15 is 0 Å². The number of ether oxygens (including phenoxy) is 1. The Labute approximate surface area is 166 Å². The van der Waals surface area contributed by atoms with Crippen molar-refractivity contribution in [2.24, 2.45) is 0 Å². The van der Waals surface area contributed by atoms with Crippen molar-refractivity contribution in [2.75, 3.05) is 12.4 Å². The summed E-state index contributed by atoms with van der Waals surface area (Å²) in [6, 6.07) is 12.2. The van der Waals surface area contributed by atoms with Crippen LogP contribution < -0.4 is 5.32 Å². The summed E-state index contributed by atoms with van der Waals surface area (Å²) in [5, 5.41) is 11.0. The molecule has 0 spiro atoms. The van der Waals surface area contributed by atoms with Gasteiger partial charge in [-0.05, 0) is 37.3 Å². The van der Waals surface area contributed by atoms with Crippen molar-refractivity contribution < 1.29 is 18.7 Å². The van der Waals surface area contributed by atoms with Gasteiger partial charge in [-0.1, -0.05) is 29.3 Å². The second-order valence-electron chi connectivity index (χ2n) is 6.10. The van der Waals surface area contributed by atoms with Crippen molar-refractivity contribution in [1.29, 1.82) is 0 Å². The zero-order valence-corrected chi connectivity index (χ0v) is 16.1. The molecule has 8 heteroatoms. The molecule has 1 heterocycles. The van der Waals surface area contributed by atoms with Crippen LogP contribution in [0.4, 0.5) is 5.69 Å². The van der Waals surface area contributed by atoms with Crippen LogP contribution in [0.5, 0.6) is 0 Å². The molecule has 1 aromatic heterocycles. The zero-order valence-electron chi connectivity index (χ0n) is 15.4. The number of esters is 1. The van der Waals surface area contributed by atoms with Gasteiger partial charge in [0.05, 0.1) is 23.4 Å². The molecule has 0 fully saturated rings. The van der Waals surface area contributed by atoms with Gasteiger partial charge in [-0.15, -0.1) is 10.2 Å². The van der Waals surface area contributed by atoms with Crippen molar-refractivity contribution in [3.05, 3.63) is 64.5 Å². The molecular weight excluding hydrogens is 382 g/mol. The maximum absolute atomic E-state index is 12.2. The summed E-state index contributed by atoms with van der Waals surface area (Å²) < 4.78 is 10.3. The molecule has 2 aromatic carbocycles. The number of nitrogens with zero attached hydrogens (tertiary/aromatic N) is 2. The minimum absolute atomic E-state index is 0.119. The van der Waals surface area contributed by atoms with Crippen LogP contribution in [0.15, 0.2) is 46.9 Å². The number of hydrogen-bond acceptors (Lipinski definition) is 6. The van der Waals surface area contributed by atoms with Crippen molar-refractivity contribution in [1.82, 2.24) is 10.2 Å². The van der Waals surface area contributed by atoms with E-state index in [0.717, 1.165) is 11.1 Å². The van der Waals surface area contributed by atoms with Crippen molar-refractivity contribution in [3.63, 3.8) is 0 Å². The topological polar surface area (TPSA) is 94.3 Å². The molecule has 0 atom stereocenters. The molecule has 7 nitrogen and oxygen atoms in total. The monoisotopic (exact) mass is 399 g/mol. The number of carbonyl (C=O) groups is 2. The van der Waals surface area contributed by atoms with Gasteiger partial charge < -0.3 is 14.5 Å². The third-order valence-corrected chi connectivity index (χ3v) is 4.29. The van der Waals surface area contributed by atoms with Crippen LogP contribution >= 0.6 is 11.6 Å². The van der Waals surface area contributed by atoms with Crippen molar-refractivity contribution in [2.45, 2.75) is 19.8 Å². The number of methoxy groups -OCH3 is 1. The Morgan fingerprint density at radius 3 is 2.75 bits per heavy atom. The fourth-order valence-electron chi connectivity index (χ4n) is 2.55. The molecule has 0 saturated heterocycles. The Kier molecular flexibility index (Phi) is 6.06. The van der Waals surface area contributed by atoms with Gasteiger partial charge in [-0.2, -0.15) is 0 Å². The third kappa shape index (κ3) is 4.75. The molecule has 3 rings (SSSR count). The van der Waals surface area contributed by atoms with E-state index in [1.165, 1.54) is 25.3 Å². The summed E-state index contributed by atoms with van der Waals surface area (Å²) in [6.45, 7) is 1.98. The van der Waals surface area contributed by atoms with Gasteiger partial charge >= 0.3 is 5.97 Å². The van der Waals surface area contributed by atoms with Crippen LogP contribution in [0.1, 0.15) is 28.2 Å². The number of rotatable bonds is 6. The van der Waals surface area contributed by atoms with Gasteiger partial charge in [0, 0.05) is 18.4 Å². The van der Waals surface area contributed by atoms with E-state index in [9.17, 15) is 9.59 Å². The van der Waals surface area contributed by atoms with Crippen LogP contribution in [0.2, 0.25) is 5.02 Å². The van der Waals surface area contributed by atoms with E-state index in [-0.39, 0.29) is 18.7 Å². The number of hydrogen-bond donors (Lipinski definition) is 1. The van der Waals surface area contributed by atoms with E-state index < -0.39 is 5.97 Å². The molecule has 1 N–H and O–H groups in total. The molecule has 0 aliphatic rings. The van der Waals surface area contributed by atoms with Gasteiger partial charge in [-0.3, -0.25) is 4.79 Å². The van der Waals surface area contributed by atoms with Crippen LogP contribution in [0, 0.1) is 6.92 Å². The summed E-state index contributed by atoms with van der Waals surface area (Å²) in [6.07, 6.45) is 0.396. The van der Waals surface area contributed by atoms with Crippen LogP contribution in [0.3, 0.4) is 0 Å². The molecule has 144 valence electrons. The number of anilines is 1. The summed E-state index contributed by atoms with van der Waals surface area (Å²) in [5.41, 5.74) is 2.54. The average molecular weight is 400 g/mol. The number of amides is 1. The highest BCUT2D eigenvalue weighted by atomic mass is 35.5. The lowest BCUT2D eigenvalue weighted by molar-refractivity contribution is -0.116. The molecule has 0 aliphatic heterocycles. The lowest BCUT2D eigenvalue weighted by Crippen LogP contribution is -2.13. The Morgan fingerprint density at radius 2 is 2.00 bits per heavy atom. The highest BCUT2D eigenvalue weighted by molar-refractivity contribution is 6.33. The fourth-order valence-corrected chi connectivity index (χ4v) is 2.71. The summed E-state index contributed by atoms with van der Waals surface area (Å²) in [4.78, 5) is 23.8. The largest absolute Gasteiger partial charge is 0.465 e. The van der Waals surface area contributed by atoms with Crippen LogP contribution in [-0.4, -0.2) is 29.2 Å². The molecule has 0 bridgehead atoms. The summed E-state index contributed by atoms with van der Waals surface area (Å²) >= 11 is 6.08. The van der Waals surface area contributed by atoms with Crippen molar-refractivity contribution >= 4 is 29.2 Å². The number of aryl methyl sites for hydroxylation is 2. The highest BCUT2D eigenvalue weighted by Crippen LogP contribution is 2.24. The van der Waals surface area contributed by atoms with E-state index in [1.807, 2.05) is 31.2 Å². The van der Waals surface area contributed by atoms with E-state index in [1.54, 1.807) is 0 Å². The van der Waals surface area contributed by atoms with E-state index in [4.69, 9.17) is 16.0 Å². The van der Waals surface area contributed by atoms with Crippen LogP contribution in [-0.2, 0) is 16.0 Å². The summed E-state index contributed by atoms with van der Waals surface area (Å²) in [5.74, 6) is -0.0325. The smallest absolute Gasteiger partial charge is 0.337 e. The molecule has 0 saturated carbocycles. The molecular formula is C20H18ClN3O4. The number of benzene rings is 2. The molecule has 3 aromatic rings. The van der Waals surface area contributed by atoms with Gasteiger partial charge in [0.25, 0.3) is 0 Å². The second-order valence-corrected chi connectivity index (χ2v) is 6.51. The average Bonchev–Trinajstić information content (AvgIpc) is 3.16. The number of halogens is 1. The normalized spacial score (nSPS) is 10.5. The Hall–Kier alpha value is -3.19. The maximum atomic E-state index is 12.2. The van der Waals surface area contributed by atoms with E-state index in [2.05, 4.69) is 20.3 Å². The first-order valence-electron chi connectivity index (χ1n) is 8.53. The minimum atomic E-state index is -0.512. The lowest BCUT2D eigenvalue weighted by atomic mass is 10.1. The fraction of sp³-hybridized carbons (Fsp3) is 0.200. The first-order chi connectivity index (χ1) is 13.5. The predicted molar refractivity (Wildman–Crippen MR) is 104 cm³/mol. The Morgan fingerprint density at radius 1 is 1.18 bits per heavy atom. The maximum Gasteiger partial charge on any atom is 0.337 e. The Bertz CT molecular complexity index is 1020. The molecule has 0 aliphatic carbocycles. The minimum Gasteiger partial charge on any atom is -0.465 e. The van der Waals surface area contributed by atoms with Crippen LogP contribution in [0.25, 0.3) is 11.5 Å². The molecule has 1 amide bonds. The van der Waals surface area contributed by atoms with Gasteiger partial charge in [0.15, 0.2) is 0 Å². The molecule has 28 heavy (non-hydrogen) atoms. The predicted octanol–water partition coefficient (Wildman–Crippen LogP) is 4.06. The quantitative estimate of drug-likeness (QED) is 0.628. The lowest BCUT2D eigenvalue weighted by Gasteiger charge is -2.08. The zero-order chi connectivity index (χ0) is 20.1. The summed E-state index contributed by atoms with van der Waals surface area (Å²) in [7, 11) is 1.28. The first-order valence-corrected chi connectivity index (χ1v) is 8.91. The number of nitrogens with one attached hydrogen (secondary N) is 1. The standard InChI is InChI=1S/C20H18ClN3O4/c1-12-4-3-5-13(10-12)19-24-23-18(28-19)9-8-17(25)22-16-11-14(20(26)27-2)6-7-15(16)21/h3-7,10-11H,8-9H2,1-2H3,(H,22,25). The second kappa shape index (κ2) is 8.67. The molecule has 0 radical (unpaired) electrons. The highest BCUT2D eigenvalue weighted by Gasteiger charge is 2.13. The van der Waals surface area contributed by atoms with Gasteiger partial charge in [0.2, 0.25) is 17.7 Å². The third-order valence-electron chi connectivity index (χ3n) is 3.96. The van der Waals surface area contributed by atoms with E-state index in [0.29, 0.717) is 28.1 Å². The van der Waals surface area contributed by atoms with Gasteiger partial charge in [0.1, 0.15) is 0 Å². The number of aromatic nitrogens is 2.